The van der Waals surface area contributed by atoms with E-state index in [1.165, 1.54) is 18.2 Å². The highest BCUT2D eigenvalue weighted by Gasteiger charge is 2.12. The van der Waals surface area contributed by atoms with Gasteiger partial charge in [0.25, 0.3) is 5.56 Å². The van der Waals surface area contributed by atoms with Crippen LogP contribution in [-0.2, 0) is 0 Å². The van der Waals surface area contributed by atoms with Crippen molar-refractivity contribution >= 4 is 5.97 Å². The molecule has 0 atom stereocenters. The molecule has 24 heavy (non-hydrogen) atoms. The third-order valence-corrected chi connectivity index (χ3v) is 3.21. The molecule has 0 saturated carbocycles. The summed E-state index contributed by atoms with van der Waals surface area (Å²) in [5.41, 5.74) is 1.41. The fraction of sp³-hybridized carbons (Fsp3) is 0.0588. The Morgan fingerprint density at radius 2 is 2.04 bits per heavy atom. The van der Waals surface area contributed by atoms with Crippen LogP contribution in [0.3, 0.4) is 0 Å². The number of ether oxygens (including phenoxy) is 1. The molecule has 1 aromatic carbocycles. The fourth-order valence-corrected chi connectivity index (χ4v) is 2.16. The Kier molecular flexibility index (Phi) is 3.95. The number of nitriles is 1. The van der Waals surface area contributed by atoms with Crippen molar-refractivity contribution in [3.05, 3.63) is 69.9 Å². The number of H-pyrrole nitrogens is 2. The SMILES string of the molecule is Cc1cc(=O)[nH]c(-c2cccc(OC(=O)c3ccc(C#N)[nH]3)c2)n1. The number of nitrogens with one attached hydrogen (secondary N) is 2. The van der Waals surface area contributed by atoms with Gasteiger partial charge >= 0.3 is 5.97 Å². The largest absolute Gasteiger partial charge is 0.422 e. The van der Waals surface area contributed by atoms with E-state index in [2.05, 4.69) is 15.0 Å². The molecule has 3 rings (SSSR count). The average Bonchev–Trinajstić information content (AvgIpc) is 3.03. The molecule has 2 N–H and O–H groups in total. The van der Waals surface area contributed by atoms with E-state index in [0.29, 0.717) is 22.8 Å². The van der Waals surface area contributed by atoms with Crippen molar-refractivity contribution in [3.8, 4) is 23.2 Å². The maximum atomic E-state index is 12.1. The molecular formula is C17H12N4O3. The van der Waals surface area contributed by atoms with Crippen LogP contribution in [0.2, 0.25) is 0 Å². The number of aromatic nitrogens is 3. The summed E-state index contributed by atoms with van der Waals surface area (Å²) in [5, 5.41) is 8.76. The first-order valence-corrected chi connectivity index (χ1v) is 7.05. The molecule has 2 heterocycles. The molecule has 0 amide bonds. The second-order valence-electron chi connectivity index (χ2n) is 5.05. The summed E-state index contributed by atoms with van der Waals surface area (Å²) in [7, 11) is 0. The molecule has 0 saturated heterocycles. The van der Waals surface area contributed by atoms with Gasteiger partial charge in [0.05, 0.1) is 0 Å². The average molecular weight is 320 g/mol. The van der Waals surface area contributed by atoms with E-state index in [9.17, 15) is 9.59 Å². The third-order valence-electron chi connectivity index (χ3n) is 3.21. The highest BCUT2D eigenvalue weighted by Crippen LogP contribution is 2.21. The minimum Gasteiger partial charge on any atom is -0.422 e. The van der Waals surface area contributed by atoms with Crippen molar-refractivity contribution in [2.45, 2.75) is 6.92 Å². The highest BCUT2D eigenvalue weighted by molar-refractivity contribution is 5.89. The quantitative estimate of drug-likeness (QED) is 0.567. The van der Waals surface area contributed by atoms with Crippen LogP contribution in [0.25, 0.3) is 11.4 Å². The summed E-state index contributed by atoms with van der Waals surface area (Å²) in [4.78, 5) is 33.2. The summed E-state index contributed by atoms with van der Waals surface area (Å²) < 4.78 is 5.28. The molecule has 0 unspecified atom stereocenters. The van der Waals surface area contributed by atoms with E-state index in [-0.39, 0.29) is 16.9 Å². The van der Waals surface area contributed by atoms with Gasteiger partial charge in [-0.25, -0.2) is 9.78 Å². The van der Waals surface area contributed by atoms with Gasteiger partial charge in [-0.15, -0.1) is 0 Å². The number of rotatable bonds is 3. The number of nitrogens with zero attached hydrogens (tertiary/aromatic N) is 2. The number of esters is 1. The lowest BCUT2D eigenvalue weighted by molar-refractivity contribution is 0.0729. The lowest BCUT2D eigenvalue weighted by Gasteiger charge is -2.06. The molecule has 3 aromatic rings. The first kappa shape index (κ1) is 15.2. The van der Waals surface area contributed by atoms with Gasteiger partial charge in [-0.05, 0) is 31.2 Å². The summed E-state index contributed by atoms with van der Waals surface area (Å²) >= 11 is 0. The highest BCUT2D eigenvalue weighted by atomic mass is 16.5. The molecular weight excluding hydrogens is 308 g/mol. The Balaban J connectivity index is 1.86. The first-order chi connectivity index (χ1) is 11.5. The standard InChI is InChI=1S/C17H12N4O3/c1-10-7-15(22)21-16(19-10)11-3-2-4-13(8-11)24-17(23)14-6-5-12(9-18)20-14/h2-8,20H,1H3,(H,19,21,22). The number of aryl methyl sites for hydroxylation is 1. The normalized spacial score (nSPS) is 10.2. The van der Waals surface area contributed by atoms with Gasteiger partial charge in [0.1, 0.15) is 29.0 Å². The van der Waals surface area contributed by atoms with Crippen LogP contribution >= 0.6 is 0 Å². The monoisotopic (exact) mass is 320 g/mol. The maximum Gasteiger partial charge on any atom is 0.360 e. The number of hydrogen-bond donors (Lipinski definition) is 2. The second-order valence-corrected chi connectivity index (χ2v) is 5.05. The van der Waals surface area contributed by atoms with E-state index < -0.39 is 5.97 Å². The summed E-state index contributed by atoms with van der Waals surface area (Å²) in [6, 6.07) is 12.9. The molecule has 0 aliphatic rings. The van der Waals surface area contributed by atoms with Crippen LogP contribution in [0, 0.1) is 18.3 Å². The molecule has 0 fully saturated rings. The summed E-state index contributed by atoms with van der Waals surface area (Å²) in [5.74, 6) is 0.0821. The minimum atomic E-state index is -0.612. The second kappa shape index (κ2) is 6.22. The van der Waals surface area contributed by atoms with Gasteiger partial charge in [-0.1, -0.05) is 12.1 Å². The zero-order chi connectivity index (χ0) is 17.1. The lowest BCUT2D eigenvalue weighted by Crippen LogP contribution is -2.10. The maximum absolute atomic E-state index is 12.1. The Morgan fingerprint density at radius 1 is 1.21 bits per heavy atom. The molecule has 2 aromatic heterocycles. The van der Waals surface area contributed by atoms with E-state index in [0.717, 1.165) is 0 Å². The predicted octanol–water partition coefficient (Wildman–Crippen LogP) is 2.16. The van der Waals surface area contributed by atoms with Crippen molar-refractivity contribution in [3.63, 3.8) is 0 Å². The Labute approximate surface area is 136 Å². The van der Waals surface area contributed by atoms with E-state index >= 15 is 0 Å². The zero-order valence-corrected chi connectivity index (χ0v) is 12.7. The van der Waals surface area contributed by atoms with Crippen molar-refractivity contribution in [1.82, 2.24) is 15.0 Å². The smallest absolute Gasteiger partial charge is 0.360 e. The van der Waals surface area contributed by atoms with Crippen LogP contribution < -0.4 is 10.3 Å². The molecule has 7 heteroatoms. The van der Waals surface area contributed by atoms with Crippen LogP contribution in [0.4, 0.5) is 0 Å². The van der Waals surface area contributed by atoms with Gasteiger partial charge in [0.15, 0.2) is 0 Å². The molecule has 0 aliphatic heterocycles. The Bertz CT molecular complexity index is 1010. The first-order valence-electron chi connectivity index (χ1n) is 7.05. The van der Waals surface area contributed by atoms with Crippen molar-refractivity contribution in [2.75, 3.05) is 0 Å². The van der Waals surface area contributed by atoms with Crippen LogP contribution in [0.5, 0.6) is 5.75 Å². The van der Waals surface area contributed by atoms with Crippen LogP contribution in [0.1, 0.15) is 21.9 Å². The van der Waals surface area contributed by atoms with Gasteiger partial charge < -0.3 is 14.7 Å². The number of carbonyl (C=O) groups excluding carboxylic acids is 1. The lowest BCUT2D eigenvalue weighted by atomic mass is 10.2. The fourth-order valence-electron chi connectivity index (χ4n) is 2.16. The molecule has 0 aliphatic carbocycles. The Morgan fingerprint density at radius 3 is 2.75 bits per heavy atom. The molecule has 0 spiro atoms. The van der Waals surface area contributed by atoms with Gasteiger partial charge in [0.2, 0.25) is 0 Å². The third kappa shape index (κ3) is 3.23. The van der Waals surface area contributed by atoms with Gasteiger partial charge in [-0.2, -0.15) is 5.26 Å². The van der Waals surface area contributed by atoms with Gasteiger partial charge in [-0.3, -0.25) is 4.79 Å². The number of hydrogen-bond acceptors (Lipinski definition) is 5. The van der Waals surface area contributed by atoms with E-state index in [4.69, 9.17) is 10.00 Å². The summed E-state index contributed by atoms with van der Waals surface area (Å²) in [6.07, 6.45) is 0. The topological polar surface area (TPSA) is 112 Å². The van der Waals surface area contributed by atoms with Crippen molar-refractivity contribution in [2.24, 2.45) is 0 Å². The number of benzene rings is 1. The van der Waals surface area contributed by atoms with E-state index in [1.807, 2.05) is 6.07 Å². The molecule has 0 radical (unpaired) electrons. The molecule has 0 bridgehead atoms. The van der Waals surface area contributed by atoms with Crippen molar-refractivity contribution in [1.29, 1.82) is 5.26 Å². The van der Waals surface area contributed by atoms with E-state index in [1.54, 1.807) is 31.2 Å². The van der Waals surface area contributed by atoms with Crippen molar-refractivity contribution < 1.29 is 9.53 Å². The van der Waals surface area contributed by atoms with Crippen LogP contribution in [-0.4, -0.2) is 20.9 Å². The molecule has 7 nitrogen and oxygen atoms in total. The van der Waals surface area contributed by atoms with Gasteiger partial charge in [0, 0.05) is 17.3 Å². The number of aromatic amines is 2. The predicted molar refractivity (Wildman–Crippen MR) is 85.5 cm³/mol. The summed E-state index contributed by atoms with van der Waals surface area (Å²) in [6.45, 7) is 1.72. The van der Waals surface area contributed by atoms with Crippen LogP contribution in [0.15, 0.2) is 47.3 Å². The Hall–Kier alpha value is -3.66. The minimum absolute atomic E-state index is 0.180. The molecule has 118 valence electrons. The number of carbonyl (C=O) groups is 1. The zero-order valence-electron chi connectivity index (χ0n) is 12.7.